The van der Waals surface area contributed by atoms with E-state index in [1.54, 1.807) is 14.2 Å². The van der Waals surface area contributed by atoms with Crippen LogP contribution in [-0.2, 0) is 16.1 Å². The van der Waals surface area contributed by atoms with E-state index in [1.807, 2.05) is 23.1 Å². The Kier molecular flexibility index (Phi) is 7.18. The first-order valence-corrected chi connectivity index (χ1v) is 10.4. The summed E-state index contributed by atoms with van der Waals surface area (Å²) in [5, 5.41) is 2.84. The number of nitrogens with zero attached hydrogens (tertiary/aromatic N) is 1. The largest absolute Gasteiger partial charge is 0.497 e. The maximum Gasteiger partial charge on any atom is 0.242 e. The Balaban J connectivity index is 1.56. The molecule has 0 heterocycles. The van der Waals surface area contributed by atoms with Gasteiger partial charge >= 0.3 is 0 Å². The third-order valence-corrected chi connectivity index (χ3v) is 5.77. The number of hydrogen-bond acceptors (Lipinski definition) is 4. The van der Waals surface area contributed by atoms with Gasteiger partial charge in [0.25, 0.3) is 0 Å². The van der Waals surface area contributed by atoms with Crippen molar-refractivity contribution in [2.24, 2.45) is 5.92 Å². The zero-order valence-electron chi connectivity index (χ0n) is 17.0. The lowest BCUT2D eigenvalue weighted by Crippen LogP contribution is -2.41. The van der Waals surface area contributed by atoms with Gasteiger partial charge in [-0.05, 0) is 49.8 Å². The first kappa shape index (κ1) is 20.5. The number of ether oxygens (including phenoxy) is 2. The second-order valence-corrected chi connectivity index (χ2v) is 7.92. The SMILES string of the molecule is COc1ccc(OC)c(CN(C(=O)CNC(=O)CC2CCCCC2)C2CC2)c1. The summed E-state index contributed by atoms with van der Waals surface area (Å²) in [7, 11) is 3.25. The minimum absolute atomic E-state index is 0.00467. The van der Waals surface area contributed by atoms with Gasteiger partial charge in [0.1, 0.15) is 11.5 Å². The molecule has 28 heavy (non-hydrogen) atoms. The zero-order chi connectivity index (χ0) is 19.9. The fourth-order valence-electron chi connectivity index (χ4n) is 4.00. The Hall–Kier alpha value is -2.24. The standard InChI is InChI=1S/C22H32N2O4/c1-27-19-10-11-20(28-2)17(13-19)15-24(18-8-9-18)22(26)14-23-21(25)12-16-6-4-3-5-7-16/h10-11,13,16,18H,3-9,12,14-15H2,1-2H3,(H,23,25). The highest BCUT2D eigenvalue weighted by Crippen LogP contribution is 2.32. The van der Waals surface area contributed by atoms with Crippen LogP contribution in [0.3, 0.4) is 0 Å². The van der Waals surface area contributed by atoms with Crippen LogP contribution in [0.25, 0.3) is 0 Å². The molecule has 2 aliphatic carbocycles. The monoisotopic (exact) mass is 388 g/mol. The number of amides is 2. The molecule has 0 bridgehead atoms. The Morgan fingerprint density at radius 1 is 1.07 bits per heavy atom. The number of benzene rings is 1. The number of carbonyl (C=O) groups excluding carboxylic acids is 2. The van der Waals surface area contributed by atoms with Gasteiger partial charge in [0.15, 0.2) is 0 Å². The third-order valence-electron chi connectivity index (χ3n) is 5.77. The highest BCUT2D eigenvalue weighted by Gasteiger charge is 2.33. The van der Waals surface area contributed by atoms with Crippen LogP contribution >= 0.6 is 0 Å². The quantitative estimate of drug-likeness (QED) is 0.705. The molecular formula is C22H32N2O4. The summed E-state index contributed by atoms with van der Waals surface area (Å²) in [6.07, 6.45) is 8.53. The normalized spacial score (nSPS) is 17.1. The fraction of sp³-hybridized carbons (Fsp3) is 0.636. The minimum Gasteiger partial charge on any atom is -0.497 e. The van der Waals surface area contributed by atoms with E-state index in [-0.39, 0.29) is 24.4 Å². The van der Waals surface area contributed by atoms with Crippen molar-refractivity contribution < 1.29 is 19.1 Å². The number of nitrogens with one attached hydrogen (secondary N) is 1. The Bertz CT molecular complexity index is 681. The molecule has 0 unspecified atom stereocenters. The van der Waals surface area contributed by atoms with Gasteiger partial charge < -0.3 is 19.7 Å². The number of hydrogen-bond donors (Lipinski definition) is 1. The zero-order valence-corrected chi connectivity index (χ0v) is 17.0. The van der Waals surface area contributed by atoms with E-state index in [9.17, 15) is 9.59 Å². The molecule has 1 aromatic rings. The maximum atomic E-state index is 12.8. The third kappa shape index (κ3) is 5.63. The molecule has 3 rings (SSSR count). The first-order chi connectivity index (χ1) is 13.6. The molecule has 0 spiro atoms. The number of rotatable bonds is 9. The molecule has 6 heteroatoms. The van der Waals surface area contributed by atoms with Crippen molar-refractivity contribution in [3.8, 4) is 11.5 Å². The Labute approximate surface area is 167 Å². The minimum atomic E-state index is -0.0376. The van der Waals surface area contributed by atoms with Crippen LogP contribution in [0.5, 0.6) is 11.5 Å². The molecule has 2 amide bonds. The smallest absolute Gasteiger partial charge is 0.242 e. The van der Waals surface area contributed by atoms with Gasteiger partial charge in [-0.25, -0.2) is 0 Å². The highest BCUT2D eigenvalue weighted by molar-refractivity contribution is 5.85. The van der Waals surface area contributed by atoms with Crippen LogP contribution in [0.4, 0.5) is 0 Å². The van der Waals surface area contributed by atoms with Crippen molar-refractivity contribution in [2.45, 2.75) is 64.0 Å². The van der Waals surface area contributed by atoms with Crippen LogP contribution in [0.15, 0.2) is 18.2 Å². The van der Waals surface area contributed by atoms with Crippen LogP contribution in [-0.4, -0.2) is 43.5 Å². The fourth-order valence-corrected chi connectivity index (χ4v) is 4.00. The molecule has 154 valence electrons. The average Bonchev–Trinajstić information content (AvgIpc) is 3.56. The van der Waals surface area contributed by atoms with Gasteiger partial charge in [0, 0.05) is 24.6 Å². The van der Waals surface area contributed by atoms with Crippen LogP contribution in [0.1, 0.15) is 56.9 Å². The maximum absolute atomic E-state index is 12.8. The van der Waals surface area contributed by atoms with E-state index in [2.05, 4.69) is 5.32 Å². The summed E-state index contributed by atoms with van der Waals surface area (Å²) in [4.78, 5) is 26.9. The van der Waals surface area contributed by atoms with Crippen molar-refractivity contribution in [3.05, 3.63) is 23.8 Å². The molecule has 6 nitrogen and oxygen atoms in total. The van der Waals surface area contributed by atoms with Crippen molar-refractivity contribution in [2.75, 3.05) is 20.8 Å². The average molecular weight is 389 g/mol. The molecule has 0 saturated heterocycles. The molecule has 0 aromatic heterocycles. The van der Waals surface area contributed by atoms with Crippen LogP contribution < -0.4 is 14.8 Å². The summed E-state index contributed by atoms with van der Waals surface area (Å²) >= 11 is 0. The van der Waals surface area contributed by atoms with E-state index >= 15 is 0 Å². The summed E-state index contributed by atoms with van der Waals surface area (Å²) in [6, 6.07) is 5.86. The summed E-state index contributed by atoms with van der Waals surface area (Å²) in [6.45, 7) is 0.525. The van der Waals surface area contributed by atoms with Gasteiger partial charge in [0.2, 0.25) is 11.8 Å². The molecule has 0 radical (unpaired) electrons. The van der Waals surface area contributed by atoms with E-state index < -0.39 is 0 Å². The molecular weight excluding hydrogens is 356 g/mol. The molecule has 0 atom stereocenters. The lowest BCUT2D eigenvalue weighted by Gasteiger charge is -2.25. The highest BCUT2D eigenvalue weighted by atomic mass is 16.5. The summed E-state index contributed by atoms with van der Waals surface area (Å²) < 4.78 is 10.8. The van der Waals surface area contributed by atoms with E-state index in [1.165, 1.54) is 19.3 Å². The van der Waals surface area contributed by atoms with Crippen molar-refractivity contribution >= 4 is 11.8 Å². The second-order valence-electron chi connectivity index (χ2n) is 7.92. The summed E-state index contributed by atoms with van der Waals surface area (Å²) in [5.74, 6) is 1.91. The molecule has 2 aliphatic rings. The van der Waals surface area contributed by atoms with Crippen molar-refractivity contribution in [3.63, 3.8) is 0 Å². The van der Waals surface area contributed by atoms with Gasteiger partial charge in [-0.2, -0.15) is 0 Å². The molecule has 1 aromatic carbocycles. The number of methoxy groups -OCH3 is 2. The Morgan fingerprint density at radius 3 is 2.46 bits per heavy atom. The van der Waals surface area contributed by atoms with Crippen LogP contribution in [0.2, 0.25) is 0 Å². The Morgan fingerprint density at radius 2 is 1.82 bits per heavy atom. The van der Waals surface area contributed by atoms with Gasteiger partial charge in [0.05, 0.1) is 20.8 Å². The molecule has 2 saturated carbocycles. The van der Waals surface area contributed by atoms with E-state index in [0.29, 0.717) is 18.9 Å². The van der Waals surface area contributed by atoms with Gasteiger partial charge in [-0.15, -0.1) is 0 Å². The number of carbonyl (C=O) groups is 2. The lowest BCUT2D eigenvalue weighted by atomic mass is 9.87. The van der Waals surface area contributed by atoms with Crippen molar-refractivity contribution in [1.29, 1.82) is 0 Å². The molecule has 1 N–H and O–H groups in total. The van der Waals surface area contributed by atoms with E-state index in [4.69, 9.17) is 9.47 Å². The molecule has 0 aliphatic heterocycles. The topological polar surface area (TPSA) is 67.9 Å². The van der Waals surface area contributed by atoms with Gasteiger partial charge in [-0.3, -0.25) is 9.59 Å². The van der Waals surface area contributed by atoms with Crippen LogP contribution in [0, 0.1) is 5.92 Å². The second kappa shape index (κ2) is 9.80. The predicted molar refractivity (Wildman–Crippen MR) is 107 cm³/mol. The molecule has 2 fully saturated rings. The van der Waals surface area contributed by atoms with Gasteiger partial charge in [-0.1, -0.05) is 19.3 Å². The summed E-state index contributed by atoms with van der Waals surface area (Å²) in [5.41, 5.74) is 0.913. The van der Waals surface area contributed by atoms with E-state index in [0.717, 1.165) is 42.7 Å². The predicted octanol–water partition coefficient (Wildman–Crippen LogP) is 3.28. The lowest BCUT2D eigenvalue weighted by molar-refractivity contribution is -0.134. The van der Waals surface area contributed by atoms with Crippen molar-refractivity contribution in [1.82, 2.24) is 10.2 Å². The first-order valence-electron chi connectivity index (χ1n) is 10.4.